The molecule has 1 nitrogen and oxygen atoms in total. The van der Waals surface area contributed by atoms with Crippen LogP contribution >= 0.6 is 38.6 Å². The third kappa shape index (κ3) is 3.19. The molecule has 2 aromatic heterocycles. The van der Waals surface area contributed by atoms with Crippen LogP contribution in [-0.4, -0.2) is 10.9 Å². The molecule has 17 heavy (non-hydrogen) atoms. The fourth-order valence-electron chi connectivity index (χ4n) is 1.99. The van der Waals surface area contributed by atoms with Crippen LogP contribution in [0, 0.1) is 0 Å². The summed E-state index contributed by atoms with van der Waals surface area (Å²) in [5.74, 6) is 0. The van der Waals surface area contributed by atoms with Gasteiger partial charge in [-0.3, -0.25) is 4.90 Å². The lowest BCUT2D eigenvalue weighted by molar-refractivity contribution is 0.250. The van der Waals surface area contributed by atoms with E-state index in [1.54, 1.807) is 0 Å². The summed E-state index contributed by atoms with van der Waals surface area (Å²) in [5.41, 5.74) is 0. The molecule has 0 amide bonds. The number of halogens is 1. The molecule has 0 aromatic carbocycles. The number of rotatable bonds is 5. The van der Waals surface area contributed by atoms with E-state index in [1.807, 2.05) is 22.7 Å². The molecule has 0 N–H and O–H groups in total. The molecule has 0 spiro atoms. The van der Waals surface area contributed by atoms with Crippen molar-refractivity contribution in [3.8, 4) is 0 Å². The van der Waals surface area contributed by atoms with E-state index in [4.69, 9.17) is 0 Å². The fourth-order valence-corrected chi connectivity index (χ4v) is 4.20. The molecule has 1 saturated carbocycles. The number of hydrogen-bond donors (Lipinski definition) is 0. The van der Waals surface area contributed by atoms with Crippen LogP contribution in [0.2, 0.25) is 0 Å². The molecular formula is C13H14BrNS2. The average molecular weight is 328 g/mol. The summed E-state index contributed by atoms with van der Waals surface area (Å²) >= 11 is 7.24. The Kier molecular flexibility index (Phi) is 3.66. The van der Waals surface area contributed by atoms with E-state index in [0.717, 1.165) is 19.1 Å². The Labute approximate surface area is 118 Å². The second-order valence-corrected chi connectivity index (χ2v) is 7.39. The van der Waals surface area contributed by atoms with Gasteiger partial charge in [-0.2, -0.15) is 0 Å². The highest BCUT2D eigenvalue weighted by atomic mass is 79.9. The zero-order chi connectivity index (χ0) is 11.7. The molecule has 0 unspecified atom stereocenters. The van der Waals surface area contributed by atoms with Gasteiger partial charge >= 0.3 is 0 Å². The minimum absolute atomic E-state index is 0.818. The van der Waals surface area contributed by atoms with Crippen LogP contribution in [0.1, 0.15) is 22.6 Å². The molecule has 3 rings (SSSR count). The lowest BCUT2D eigenvalue weighted by Gasteiger charge is -2.20. The maximum atomic E-state index is 3.53. The van der Waals surface area contributed by atoms with Crippen molar-refractivity contribution in [3.63, 3.8) is 0 Å². The molecule has 1 aliphatic rings. The lowest BCUT2D eigenvalue weighted by atomic mass is 10.3. The van der Waals surface area contributed by atoms with Crippen molar-refractivity contribution in [1.82, 2.24) is 4.90 Å². The highest BCUT2D eigenvalue weighted by molar-refractivity contribution is 9.10. The summed E-state index contributed by atoms with van der Waals surface area (Å²) in [6.45, 7) is 2.21. The average Bonchev–Trinajstić information content (AvgIpc) is 2.89. The van der Waals surface area contributed by atoms with Crippen LogP contribution in [0.25, 0.3) is 0 Å². The second-order valence-electron chi connectivity index (χ2n) is 4.45. The Morgan fingerprint density at radius 1 is 1.24 bits per heavy atom. The number of nitrogens with zero attached hydrogens (tertiary/aromatic N) is 1. The van der Waals surface area contributed by atoms with Gasteiger partial charge in [0.25, 0.3) is 0 Å². The first-order valence-corrected chi connectivity index (χ1v) is 8.36. The zero-order valence-electron chi connectivity index (χ0n) is 9.43. The first kappa shape index (κ1) is 11.9. The van der Waals surface area contributed by atoms with Gasteiger partial charge in [0.05, 0.1) is 0 Å². The minimum Gasteiger partial charge on any atom is -0.290 e. The van der Waals surface area contributed by atoms with E-state index in [2.05, 4.69) is 49.8 Å². The molecule has 0 atom stereocenters. The molecule has 1 fully saturated rings. The van der Waals surface area contributed by atoms with E-state index in [9.17, 15) is 0 Å². The Morgan fingerprint density at radius 3 is 2.65 bits per heavy atom. The molecule has 0 bridgehead atoms. The maximum Gasteiger partial charge on any atom is 0.0335 e. The van der Waals surface area contributed by atoms with Crippen LogP contribution in [0.3, 0.4) is 0 Å². The van der Waals surface area contributed by atoms with E-state index in [-0.39, 0.29) is 0 Å². The monoisotopic (exact) mass is 327 g/mol. The fraction of sp³-hybridized carbons (Fsp3) is 0.385. The maximum absolute atomic E-state index is 3.53. The van der Waals surface area contributed by atoms with Gasteiger partial charge in [-0.25, -0.2) is 0 Å². The first-order chi connectivity index (χ1) is 8.31. The first-order valence-electron chi connectivity index (χ1n) is 5.80. The molecule has 4 heteroatoms. The smallest absolute Gasteiger partial charge is 0.0335 e. The van der Waals surface area contributed by atoms with Gasteiger partial charge in [0, 0.05) is 38.7 Å². The molecule has 0 saturated heterocycles. The highest BCUT2D eigenvalue weighted by Crippen LogP contribution is 2.32. The van der Waals surface area contributed by atoms with Crippen molar-refractivity contribution in [3.05, 3.63) is 43.2 Å². The summed E-state index contributed by atoms with van der Waals surface area (Å²) in [5, 5.41) is 4.34. The van der Waals surface area contributed by atoms with Crippen molar-refractivity contribution in [2.24, 2.45) is 0 Å². The van der Waals surface area contributed by atoms with Crippen molar-refractivity contribution < 1.29 is 0 Å². The Hall–Kier alpha value is -0.160. The topological polar surface area (TPSA) is 3.24 Å². The van der Waals surface area contributed by atoms with Crippen LogP contribution in [-0.2, 0) is 13.1 Å². The Balaban J connectivity index is 1.68. The van der Waals surface area contributed by atoms with Gasteiger partial charge in [0.15, 0.2) is 0 Å². The van der Waals surface area contributed by atoms with Crippen molar-refractivity contribution in [2.75, 3.05) is 0 Å². The standard InChI is InChI=1S/C13H14BrNS2/c14-10-6-13(17-9-10)8-15(11-3-4-11)7-12-2-1-5-16-12/h1-2,5-6,9,11H,3-4,7-8H2. The number of hydrogen-bond acceptors (Lipinski definition) is 3. The number of thiophene rings is 2. The molecule has 2 aromatic rings. The van der Waals surface area contributed by atoms with Gasteiger partial charge in [-0.05, 0) is 46.3 Å². The summed E-state index contributed by atoms with van der Waals surface area (Å²) in [6, 6.07) is 7.45. The Bertz CT molecular complexity index is 473. The predicted molar refractivity (Wildman–Crippen MR) is 78.6 cm³/mol. The second kappa shape index (κ2) is 5.22. The van der Waals surface area contributed by atoms with Gasteiger partial charge in [-0.15, -0.1) is 22.7 Å². The molecule has 0 radical (unpaired) electrons. The molecular weight excluding hydrogens is 314 g/mol. The van der Waals surface area contributed by atoms with Crippen molar-refractivity contribution in [2.45, 2.75) is 32.0 Å². The summed E-state index contributed by atoms with van der Waals surface area (Å²) < 4.78 is 1.21. The minimum atomic E-state index is 0.818. The zero-order valence-corrected chi connectivity index (χ0v) is 12.7. The molecule has 0 aliphatic heterocycles. The highest BCUT2D eigenvalue weighted by Gasteiger charge is 2.29. The molecule has 90 valence electrons. The largest absolute Gasteiger partial charge is 0.290 e. The van der Waals surface area contributed by atoms with Crippen molar-refractivity contribution in [1.29, 1.82) is 0 Å². The summed E-state index contributed by atoms with van der Waals surface area (Å²) in [4.78, 5) is 5.55. The summed E-state index contributed by atoms with van der Waals surface area (Å²) in [7, 11) is 0. The SMILES string of the molecule is Brc1csc(CN(Cc2cccs2)C2CC2)c1. The van der Waals surface area contributed by atoms with Crippen LogP contribution in [0.4, 0.5) is 0 Å². The van der Waals surface area contributed by atoms with Crippen LogP contribution in [0.5, 0.6) is 0 Å². The molecule has 2 heterocycles. The van der Waals surface area contributed by atoms with E-state index >= 15 is 0 Å². The quantitative estimate of drug-likeness (QED) is 0.766. The third-order valence-electron chi connectivity index (χ3n) is 2.98. The predicted octanol–water partition coefficient (Wildman–Crippen LogP) is 4.74. The van der Waals surface area contributed by atoms with Crippen LogP contribution < -0.4 is 0 Å². The Morgan fingerprint density at radius 2 is 2.06 bits per heavy atom. The molecule has 1 aliphatic carbocycles. The van der Waals surface area contributed by atoms with Crippen LogP contribution in [0.15, 0.2) is 33.4 Å². The van der Waals surface area contributed by atoms with E-state index in [0.29, 0.717) is 0 Å². The van der Waals surface area contributed by atoms with Gasteiger partial charge in [0.2, 0.25) is 0 Å². The van der Waals surface area contributed by atoms with E-state index in [1.165, 1.54) is 27.1 Å². The van der Waals surface area contributed by atoms with E-state index < -0.39 is 0 Å². The summed E-state index contributed by atoms with van der Waals surface area (Å²) in [6.07, 6.45) is 2.75. The normalized spacial score (nSPS) is 15.6. The lowest BCUT2D eigenvalue weighted by Crippen LogP contribution is -2.24. The van der Waals surface area contributed by atoms with Gasteiger partial charge < -0.3 is 0 Å². The third-order valence-corrected chi connectivity index (χ3v) is 5.53. The van der Waals surface area contributed by atoms with Gasteiger partial charge in [0.1, 0.15) is 0 Å². The van der Waals surface area contributed by atoms with Crippen molar-refractivity contribution >= 4 is 38.6 Å². The van der Waals surface area contributed by atoms with Gasteiger partial charge in [-0.1, -0.05) is 6.07 Å².